The third-order valence-corrected chi connectivity index (χ3v) is 4.61. The van der Waals surface area contributed by atoms with Crippen molar-refractivity contribution in [2.24, 2.45) is 0 Å². The first kappa shape index (κ1) is 26.0. The minimum absolute atomic E-state index is 0. The summed E-state index contributed by atoms with van der Waals surface area (Å²) in [5, 5.41) is 0. The third-order valence-electron chi connectivity index (χ3n) is 1.54. The van der Waals surface area contributed by atoms with Gasteiger partial charge in [-0.25, -0.2) is 0 Å². The highest BCUT2D eigenvalue weighted by Gasteiger charge is 2.35. The van der Waals surface area contributed by atoms with Gasteiger partial charge in [0.2, 0.25) is 0 Å². The van der Waals surface area contributed by atoms with Gasteiger partial charge in [0.05, 0.1) is 0 Å². The molecule has 0 saturated carbocycles. The van der Waals surface area contributed by atoms with Gasteiger partial charge in [-0.05, 0) is 46.6 Å². The van der Waals surface area contributed by atoms with Crippen molar-refractivity contribution in [3.8, 4) is 0 Å². The molecule has 0 saturated heterocycles. The lowest BCUT2D eigenvalue weighted by molar-refractivity contribution is -0.108. The van der Waals surface area contributed by atoms with Crippen molar-refractivity contribution in [3.05, 3.63) is 0 Å². The van der Waals surface area contributed by atoms with Crippen molar-refractivity contribution in [1.82, 2.24) is 0 Å². The molecule has 17 heavy (non-hydrogen) atoms. The molecule has 0 amide bonds. The molecule has 0 atom stereocenters. The first-order chi connectivity index (χ1) is 5.97. The van der Waals surface area contributed by atoms with Gasteiger partial charge in [-0.15, -0.1) is 0 Å². The molecule has 0 rings (SSSR count). The van der Waals surface area contributed by atoms with Crippen LogP contribution in [-0.4, -0.2) is 29.8 Å². The fourth-order valence-corrected chi connectivity index (χ4v) is 4.30. The predicted octanol–water partition coefficient (Wildman–Crippen LogP) is 4.85. The van der Waals surface area contributed by atoms with Crippen LogP contribution in [0, 0.1) is 0 Å². The van der Waals surface area contributed by atoms with Crippen LogP contribution in [0.3, 0.4) is 0 Å². The fraction of sp³-hybridized carbons (Fsp3) is 1.00. The van der Waals surface area contributed by atoms with Crippen LogP contribution in [0.15, 0.2) is 0 Å². The minimum atomic E-state index is -2.02. The van der Waals surface area contributed by atoms with E-state index in [2.05, 4.69) is 19.6 Å². The predicted molar refractivity (Wildman–Crippen MR) is 84.3 cm³/mol. The number of hydrogen-bond acceptors (Lipinski definition) is 3. The van der Waals surface area contributed by atoms with E-state index < -0.39 is 22.7 Å². The van der Waals surface area contributed by atoms with E-state index in [4.69, 9.17) is 13.3 Å². The van der Waals surface area contributed by atoms with Gasteiger partial charge in [0, 0.05) is 7.11 Å². The summed E-state index contributed by atoms with van der Waals surface area (Å²) in [6.07, 6.45) is 0. The van der Waals surface area contributed by atoms with Crippen molar-refractivity contribution < 1.29 is 13.3 Å². The molecule has 0 aromatic heterocycles. The van der Waals surface area contributed by atoms with Gasteiger partial charge in [0.25, 0.3) is 0 Å². The smallest absolute Gasteiger partial charge is 0.333 e. The topological polar surface area (TPSA) is 27.7 Å². The lowest BCUT2D eigenvalue weighted by Crippen LogP contribution is -2.48. The van der Waals surface area contributed by atoms with Crippen LogP contribution in [-0.2, 0) is 13.3 Å². The average Bonchev–Trinajstić information content (AvgIpc) is 1.78. The molecular weight excluding hydrogens is 248 g/mol. The quantitative estimate of drug-likeness (QED) is 0.534. The first-order valence-corrected chi connectivity index (χ1v) is 11.2. The maximum atomic E-state index is 5.93. The van der Waals surface area contributed by atoms with E-state index >= 15 is 0 Å². The Labute approximate surface area is 112 Å². The Bertz CT molecular complexity index is 187. The normalized spacial score (nSPS) is 12.0. The Balaban J connectivity index is -0.000000282. The van der Waals surface area contributed by atoms with E-state index in [0.29, 0.717) is 0 Å². The van der Waals surface area contributed by atoms with Gasteiger partial charge in [-0.3, -0.25) is 0 Å². The van der Waals surface area contributed by atoms with Gasteiger partial charge in [-0.2, -0.15) is 0 Å². The Kier molecular flexibility index (Phi) is 12.9. The second-order valence-corrected chi connectivity index (χ2v) is 13.2. The van der Waals surface area contributed by atoms with Gasteiger partial charge in [0.1, 0.15) is 5.79 Å². The van der Waals surface area contributed by atoms with Crippen LogP contribution in [0.25, 0.3) is 0 Å². The minimum Gasteiger partial charge on any atom is -0.398 e. The molecule has 0 radical (unpaired) electrons. The average molecular weight is 285 g/mol. The van der Waals surface area contributed by atoms with E-state index in [9.17, 15) is 0 Å². The van der Waals surface area contributed by atoms with E-state index in [1.54, 1.807) is 7.11 Å². The van der Waals surface area contributed by atoms with Crippen LogP contribution >= 0.6 is 0 Å². The molecular formula is C12H36O3Si2. The fourth-order valence-electron chi connectivity index (χ4n) is 1.39. The van der Waals surface area contributed by atoms with Crippen molar-refractivity contribution in [2.45, 2.75) is 74.6 Å². The molecule has 0 unspecified atom stereocenters. The number of hydrogen-bond donors (Lipinski definition) is 0. The van der Waals surface area contributed by atoms with Gasteiger partial charge < -0.3 is 13.3 Å². The lowest BCUT2D eigenvalue weighted by Gasteiger charge is -2.37. The zero-order valence-electron chi connectivity index (χ0n) is 10.7. The summed E-state index contributed by atoms with van der Waals surface area (Å²) in [7, 11) is -1.89. The van der Waals surface area contributed by atoms with E-state index in [-0.39, 0.29) is 22.3 Å². The standard InChI is InChI=1S/C9H24O3Si2.3CH4/c1-9(2,11-13(4,5)6)12-14(7,8)10-3;;;/h1-8H3;3*1H4. The van der Waals surface area contributed by atoms with E-state index in [1.165, 1.54) is 0 Å². The largest absolute Gasteiger partial charge is 0.398 e. The highest BCUT2D eigenvalue weighted by molar-refractivity contribution is 6.70. The Morgan fingerprint density at radius 2 is 1.12 bits per heavy atom. The Hall–Kier alpha value is 0.314. The van der Waals surface area contributed by atoms with Crippen LogP contribution in [0.5, 0.6) is 0 Å². The molecule has 0 aliphatic carbocycles. The molecule has 0 aliphatic heterocycles. The molecule has 0 aromatic carbocycles. The molecule has 0 aromatic rings. The van der Waals surface area contributed by atoms with E-state index in [1.807, 2.05) is 26.9 Å². The summed E-state index contributed by atoms with van der Waals surface area (Å²) in [5.74, 6) is -0.532. The molecule has 0 heterocycles. The molecule has 3 nitrogen and oxygen atoms in total. The molecule has 0 aliphatic rings. The highest BCUT2D eigenvalue weighted by atomic mass is 28.4. The summed E-state index contributed by atoms with van der Waals surface area (Å²) in [6, 6.07) is 0. The Morgan fingerprint density at radius 3 is 1.35 bits per heavy atom. The zero-order chi connectivity index (χ0) is 11.6. The summed E-state index contributed by atoms with van der Waals surface area (Å²) in [5.41, 5.74) is 0. The maximum absolute atomic E-state index is 5.93. The van der Waals surface area contributed by atoms with Crippen LogP contribution in [0.4, 0.5) is 0 Å². The van der Waals surface area contributed by atoms with Gasteiger partial charge in [0.15, 0.2) is 8.32 Å². The second-order valence-electron chi connectivity index (χ2n) is 5.32. The van der Waals surface area contributed by atoms with Crippen molar-refractivity contribution in [3.63, 3.8) is 0 Å². The first-order valence-electron chi connectivity index (χ1n) is 4.93. The van der Waals surface area contributed by atoms with Crippen LogP contribution in [0.1, 0.15) is 36.1 Å². The van der Waals surface area contributed by atoms with Gasteiger partial charge >= 0.3 is 8.56 Å². The summed E-state index contributed by atoms with van der Waals surface area (Å²) in [6.45, 7) is 14.4. The summed E-state index contributed by atoms with van der Waals surface area (Å²) >= 11 is 0. The van der Waals surface area contributed by atoms with Crippen molar-refractivity contribution in [1.29, 1.82) is 0 Å². The molecule has 0 bridgehead atoms. The summed E-state index contributed by atoms with van der Waals surface area (Å²) in [4.78, 5) is 0. The highest BCUT2D eigenvalue weighted by Crippen LogP contribution is 2.23. The van der Waals surface area contributed by atoms with Crippen LogP contribution < -0.4 is 0 Å². The van der Waals surface area contributed by atoms with Crippen molar-refractivity contribution >= 4 is 16.9 Å². The van der Waals surface area contributed by atoms with Crippen LogP contribution in [0.2, 0.25) is 32.7 Å². The van der Waals surface area contributed by atoms with Crippen molar-refractivity contribution in [2.75, 3.05) is 7.11 Å². The number of rotatable bonds is 5. The maximum Gasteiger partial charge on any atom is 0.333 e. The Morgan fingerprint density at radius 1 is 0.765 bits per heavy atom. The molecule has 0 N–H and O–H groups in total. The molecule has 0 spiro atoms. The molecule has 5 heteroatoms. The lowest BCUT2D eigenvalue weighted by atomic mass is 10.4. The third kappa shape index (κ3) is 14.3. The second kappa shape index (κ2) is 8.42. The van der Waals surface area contributed by atoms with Gasteiger partial charge in [-0.1, -0.05) is 22.3 Å². The molecule has 110 valence electrons. The van der Waals surface area contributed by atoms with E-state index in [0.717, 1.165) is 0 Å². The SMILES string of the molecule is C.C.C.CO[Si](C)(C)OC(C)(C)O[Si](C)(C)C. The monoisotopic (exact) mass is 284 g/mol. The zero-order valence-corrected chi connectivity index (χ0v) is 12.7. The summed E-state index contributed by atoms with van der Waals surface area (Å²) < 4.78 is 17.2. The molecule has 0 fully saturated rings.